The highest BCUT2D eigenvalue weighted by Gasteiger charge is 2.58. The van der Waals surface area contributed by atoms with Gasteiger partial charge in [-0.3, -0.25) is 9.59 Å². The van der Waals surface area contributed by atoms with Gasteiger partial charge < -0.3 is 0 Å². The molecule has 2 saturated carbocycles. The summed E-state index contributed by atoms with van der Waals surface area (Å²) in [6, 6.07) is 0. The summed E-state index contributed by atoms with van der Waals surface area (Å²) in [7, 11) is 0. The minimum atomic E-state index is -0.139. The van der Waals surface area contributed by atoms with Crippen molar-refractivity contribution in [2.75, 3.05) is 12.0 Å². The number of carbonyl (C=O) groups excluding carboxylic acids is 2. The smallest absolute Gasteiger partial charge is 0.155 e. The van der Waals surface area contributed by atoms with Gasteiger partial charge >= 0.3 is 0 Å². The van der Waals surface area contributed by atoms with Crippen molar-refractivity contribution < 1.29 is 9.59 Å². The zero-order chi connectivity index (χ0) is 17.8. The average Bonchev–Trinajstić information content (AvgIpc) is 2.84. The minimum absolute atomic E-state index is 0.121. The van der Waals surface area contributed by atoms with Gasteiger partial charge in [0.15, 0.2) is 5.78 Å². The normalized spacial score (nSPS) is 43.1. The fraction of sp³-hybridized carbons (Fsp3) is 0.727. The van der Waals surface area contributed by atoms with E-state index < -0.39 is 0 Å². The summed E-state index contributed by atoms with van der Waals surface area (Å²) < 4.78 is 0. The van der Waals surface area contributed by atoms with E-state index in [0.717, 1.165) is 44.3 Å². The Bertz CT molecular complexity index is 676. The number of Topliss-reactive ketones (excluding diaryl/α,β-unsaturated/α-hetero) is 1. The van der Waals surface area contributed by atoms with Crippen LogP contribution in [0.2, 0.25) is 0 Å². The van der Waals surface area contributed by atoms with E-state index in [-0.39, 0.29) is 16.7 Å². The molecule has 0 aromatic rings. The van der Waals surface area contributed by atoms with Crippen LogP contribution in [0.15, 0.2) is 23.3 Å². The second kappa shape index (κ2) is 6.11. The number of rotatable bonds is 3. The Balaban J connectivity index is 1.77. The Hall–Kier alpha value is -0.830. The molecule has 0 spiro atoms. The quantitative estimate of drug-likeness (QED) is 0.667. The Labute approximate surface area is 155 Å². The van der Waals surface area contributed by atoms with Crippen LogP contribution >= 0.6 is 11.8 Å². The summed E-state index contributed by atoms with van der Waals surface area (Å²) >= 11 is 1.91. The number of hydrogen-bond acceptors (Lipinski definition) is 3. The number of hydrogen-bond donors (Lipinski definition) is 0. The lowest BCUT2D eigenvalue weighted by Crippen LogP contribution is -2.46. The largest absolute Gasteiger partial charge is 0.299 e. The van der Waals surface area contributed by atoms with E-state index in [1.165, 1.54) is 5.57 Å². The molecule has 5 atom stereocenters. The Morgan fingerprint density at radius 3 is 2.84 bits per heavy atom. The molecule has 4 rings (SSSR count). The molecule has 4 aliphatic rings. The maximum Gasteiger partial charge on any atom is 0.155 e. The molecule has 0 unspecified atom stereocenters. The molecule has 0 aromatic heterocycles. The fourth-order valence-corrected chi connectivity index (χ4v) is 7.06. The van der Waals surface area contributed by atoms with Gasteiger partial charge in [0.1, 0.15) is 5.78 Å². The van der Waals surface area contributed by atoms with Crippen molar-refractivity contribution in [3.05, 3.63) is 23.3 Å². The number of carbonyl (C=O) groups is 2. The van der Waals surface area contributed by atoms with Crippen LogP contribution in [0.4, 0.5) is 0 Å². The number of fused-ring (bicyclic) bond motifs is 5. The summed E-state index contributed by atoms with van der Waals surface area (Å²) in [5.74, 6) is 3.24. The lowest BCUT2D eigenvalue weighted by Gasteiger charge is -2.53. The van der Waals surface area contributed by atoms with Crippen LogP contribution in [-0.4, -0.2) is 23.6 Å². The molecule has 3 heteroatoms. The zero-order valence-corrected chi connectivity index (χ0v) is 16.6. The molecule has 0 saturated heterocycles. The van der Waals surface area contributed by atoms with Gasteiger partial charge in [-0.25, -0.2) is 0 Å². The second-order valence-corrected chi connectivity index (χ2v) is 9.98. The van der Waals surface area contributed by atoms with Gasteiger partial charge in [-0.15, -0.1) is 0 Å². The summed E-state index contributed by atoms with van der Waals surface area (Å²) in [6.45, 7) is 4.35. The molecule has 0 heterocycles. The molecule has 25 heavy (non-hydrogen) atoms. The summed E-state index contributed by atoms with van der Waals surface area (Å²) in [5, 5.41) is 0. The van der Waals surface area contributed by atoms with Crippen molar-refractivity contribution in [2.45, 2.75) is 58.8 Å². The van der Waals surface area contributed by atoms with Crippen molar-refractivity contribution in [3.63, 3.8) is 0 Å². The van der Waals surface area contributed by atoms with Gasteiger partial charge in [0.25, 0.3) is 0 Å². The van der Waals surface area contributed by atoms with E-state index in [1.54, 1.807) is 5.57 Å². The third kappa shape index (κ3) is 2.44. The summed E-state index contributed by atoms with van der Waals surface area (Å²) in [6.07, 6.45) is 13.6. The monoisotopic (exact) mass is 358 g/mol. The van der Waals surface area contributed by atoms with Crippen LogP contribution < -0.4 is 0 Å². The third-order valence-corrected chi connectivity index (χ3v) is 8.44. The van der Waals surface area contributed by atoms with Gasteiger partial charge in [-0.2, -0.15) is 11.8 Å². The molecule has 0 aliphatic heterocycles. The molecular weight excluding hydrogens is 328 g/mol. The van der Waals surface area contributed by atoms with Gasteiger partial charge in [0, 0.05) is 23.2 Å². The first-order valence-corrected chi connectivity index (χ1v) is 11.3. The van der Waals surface area contributed by atoms with Crippen LogP contribution in [0, 0.1) is 28.6 Å². The van der Waals surface area contributed by atoms with E-state index in [4.69, 9.17) is 0 Å². The molecule has 0 amide bonds. The van der Waals surface area contributed by atoms with Gasteiger partial charge in [-0.05, 0) is 68.4 Å². The van der Waals surface area contributed by atoms with Crippen molar-refractivity contribution in [2.24, 2.45) is 28.6 Å². The predicted octanol–water partition coefficient (Wildman–Crippen LogP) is 4.99. The standard InChI is InChI=1S/C22H30O2S/c1-14-12-19-17-5-4-15-13-16(23)6-9-22(15,10-11-25-3)18(17)7-8-21(19,2)20(14)24/h7,13-14,17,19H,4-6,8-12H2,1-3H3/t14-,17-,19+,21+,22-/m1/s1. The first-order valence-electron chi connectivity index (χ1n) is 9.90. The highest BCUT2D eigenvalue weighted by atomic mass is 32.2. The molecular formula is C22H30O2S. The summed E-state index contributed by atoms with van der Waals surface area (Å²) in [4.78, 5) is 24.9. The molecule has 2 fully saturated rings. The molecule has 4 aliphatic carbocycles. The molecule has 0 bridgehead atoms. The van der Waals surface area contributed by atoms with Crippen LogP contribution in [-0.2, 0) is 9.59 Å². The third-order valence-electron chi connectivity index (χ3n) is 7.83. The fourth-order valence-electron chi connectivity index (χ4n) is 6.51. The number of ketones is 2. The zero-order valence-electron chi connectivity index (χ0n) is 15.8. The van der Waals surface area contributed by atoms with Gasteiger partial charge in [-0.1, -0.05) is 31.1 Å². The van der Waals surface area contributed by atoms with Crippen LogP contribution in [0.5, 0.6) is 0 Å². The van der Waals surface area contributed by atoms with Crippen molar-refractivity contribution in [1.82, 2.24) is 0 Å². The number of thioether (sulfide) groups is 1. The Kier molecular flexibility index (Phi) is 4.30. The molecule has 2 nitrogen and oxygen atoms in total. The maximum atomic E-state index is 12.8. The first kappa shape index (κ1) is 17.6. The predicted molar refractivity (Wildman–Crippen MR) is 104 cm³/mol. The van der Waals surface area contributed by atoms with E-state index in [9.17, 15) is 9.59 Å². The van der Waals surface area contributed by atoms with Crippen LogP contribution in [0.3, 0.4) is 0 Å². The maximum absolute atomic E-state index is 12.8. The molecule has 0 N–H and O–H groups in total. The van der Waals surface area contributed by atoms with Crippen molar-refractivity contribution >= 4 is 23.3 Å². The number of allylic oxidation sites excluding steroid dienone is 4. The van der Waals surface area contributed by atoms with E-state index in [1.807, 2.05) is 17.8 Å². The molecule has 0 aromatic carbocycles. The van der Waals surface area contributed by atoms with E-state index >= 15 is 0 Å². The highest BCUT2D eigenvalue weighted by molar-refractivity contribution is 7.98. The van der Waals surface area contributed by atoms with Crippen molar-refractivity contribution in [1.29, 1.82) is 0 Å². The van der Waals surface area contributed by atoms with Gasteiger partial charge in [0.05, 0.1) is 0 Å². The van der Waals surface area contributed by atoms with E-state index in [2.05, 4.69) is 26.2 Å². The van der Waals surface area contributed by atoms with Crippen molar-refractivity contribution in [3.8, 4) is 0 Å². The lowest BCUT2D eigenvalue weighted by atomic mass is 9.50. The SMILES string of the molecule is CSCC[C@]12CCC(=O)C=C1CC[C@@H]1C2=CC[C@]2(C)C(=O)[C@H](C)C[C@@H]12. The van der Waals surface area contributed by atoms with Crippen LogP contribution in [0.25, 0.3) is 0 Å². The minimum Gasteiger partial charge on any atom is -0.299 e. The second-order valence-electron chi connectivity index (χ2n) is 8.99. The Morgan fingerprint density at radius 1 is 1.28 bits per heavy atom. The first-order chi connectivity index (χ1) is 11.9. The average molecular weight is 359 g/mol. The Morgan fingerprint density at radius 2 is 2.08 bits per heavy atom. The summed E-state index contributed by atoms with van der Waals surface area (Å²) in [5.41, 5.74) is 2.99. The molecule has 136 valence electrons. The molecule has 0 radical (unpaired) electrons. The topological polar surface area (TPSA) is 34.1 Å². The van der Waals surface area contributed by atoms with E-state index in [0.29, 0.717) is 29.8 Å². The van der Waals surface area contributed by atoms with Crippen LogP contribution in [0.1, 0.15) is 58.8 Å². The lowest BCUT2D eigenvalue weighted by molar-refractivity contribution is -0.129. The highest BCUT2D eigenvalue weighted by Crippen LogP contribution is 2.64. The van der Waals surface area contributed by atoms with Gasteiger partial charge in [0.2, 0.25) is 0 Å².